The third-order valence-electron chi connectivity index (χ3n) is 3.47. The van der Waals surface area contributed by atoms with Gasteiger partial charge in [0.2, 0.25) is 0 Å². The van der Waals surface area contributed by atoms with E-state index in [-0.39, 0.29) is 0 Å². The first-order chi connectivity index (χ1) is 7.75. The number of nitrogens with zero attached hydrogens (tertiary/aromatic N) is 1. The number of aromatic nitrogens is 1. The lowest BCUT2D eigenvalue weighted by molar-refractivity contribution is 0.264. The zero-order valence-electron chi connectivity index (χ0n) is 10.4. The number of hydrogen-bond donors (Lipinski definition) is 2. The van der Waals surface area contributed by atoms with Gasteiger partial charge in [0.1, 0.15) is 0 Å². The lowest BCUT2D eigenvalue weighted by Crippen LogP contribution is -2.30. The highest BCUT2D eigenvalue weighted by Gasteiger charge is 2.23. The molecule has 2 N–H and O–H groups in total. The number of hydrogen-bond acceptors (Lipinski definition) is 2. The second-order valence-corrected chi connectivity index (χ2v) is 5.09. The zero-order chi connectivity index (χ0) is 11.4. The van der Waals surface area contributed by atoms with Crippen LogP contribution in [0.4, 0.5) is 0 Å². The van der Waals surface area contributed by atoms with Crippen LogP contribution in [0.15, 0.2) is 18.5 Å². The molecule has 3 nitrogen and oxygen atoms in total. The summed E-state index contributed by atoms with van der Waals surface area (Å²) < 4.78 is 0. The minimum atomic E-state index is 0.703. The summed E-state index contributed by atoms with van der Waals surface area (Å²) in [6.45, 7) is 9.24. The average molecular weight is 221 g/mol. The van der Waals surface area contributed by atoms with Crippen molar-refractivity contribution in [1.82, 2.24) is 15.2 Å². The van der Waals surface area contributed by atoms with Gasteiger partial charge < -0.3 is 15.2 Å². The van der Waals surface area contributed by atoms with E-state index < -0.39 is 0 Å². The van der Waals surface area contributed by atoms with E-state index in [1.165, 1.54) is 25.1 Å². The summed E-state index contributed by atoms with van der Waals surface area (Å²) in [6.07, 6.45) is 5.38. The van der Waals surface area contributed by atoms with Crippen molar-refractivity contribution in [2.45, 2.75) is 32.9 Å². The quantitative estimate of drug-likeness (QED) is 0.795. The second-order valence-electron chi connectivity index (χ2n) is 5.09. The Morgan fingerprint density at radius 1 is 1.56 bits per heavy atom. The van der Waals surface area contributed by atoms with Crippen LogP contribution in [0.5, 0.6) is 0 Å². The summed E-state index contributed by atoms with van der Waals surface area (Å²) in [5.74, 6) is 0.835. The van der Waals surface area contributed by atoms with Gasteiger partial charge in [-0.2, -0.15) is 0 Å². The highest BCUT2D eigenvalue weighted by atomic mass is 15.2. The van der Waals surface area contributed by atoms with Gasteiger partial charge in [0, 0.05) is 31.5 Å². The van der Waals surface area contributed by atoms with E-state index >= 15 is 0 Å². The number of likely N-dealkylation sites (tertiary alicyclic amines) is 1. The minimum Gasteiger partial charge on any atom is -0.367 e. The standard InChI is InChI=1S/C13H23N3/c1-11(2)16-6-4-13(10-16)9-15-8-12-3-5-14-7-12/h3,5,7,11,13-15H,4,6,8-10H2,1-2H3. The third kappa shape index (κ3) is 3.09. The van der Waals surface area contributed by atoms with Crippen LogP contribution in [0.3, 0.4) is 0 Å². The monoisotopic (exact) mass is 221 g/mol. The fourth-order valence-electron chi connectivity index (χ4n) is 2.39. The number of rotatable bonds is 5. The Hall–Kier alpha value is -0.800. The lowest BCUT2D eigenvalue weighted by atomic mass is 10.1. The molecule has 1 saturated heterocycles. The van der Waals surface area contributed by atoms with Gasteiger partial charge in [-0.05, 0) is 50.9 Å². The van der Waals surface area contributed by atoms with Crippen molar-refractivity contribution < 1.29 is 0 Å². The van der Waals surface area contributed by atoms with Crippen molar-refractivity contribution in [2.24, 2.45) is 5.92 Å². The maximum Gasteiger partial charge on any atom is 0.0220 e. The molecular formula is C13H23N3. The first kappa shape index (κ1) is 11.7. The largest absolute Gasteiger partial charge is 0.367 e. The van der Waals surface area contributed by atoms with Crippen LogP contribution in [0.1, 0.15) is 25.8 Å². The first-order valence-corrected chi connectivity index (χ1v) is 6.32. The summed E-state index contributed by atoms with van der Waals surface area (Å²) in [5, 5.41) is 3.54. The molecule has 1 aromatic rings. The van der Waals surface area contributed by atoms with Crippen molar-refractivity contribution >= 4 is 0 Å². The molecule has 90 valence electrons. The average Bonchev–Trinajstić information content (AvgIpc) is 2.87. The summed E-state index contributed by atoms with van der Waals surface area (Å²) >= 11 is 0. The van der Waals surface area contributed by atoms with Crippen LogP contribution in [-0.4, -0.2) is 35.6 Å². The molecule has 1 atom stereocenters. The summed E-state index contributed by atoms with van der Waals surface area (Å²) in [5.41, 5.74) is 1.35. The Kier molecular flexibility index (Phi) is 4.02. The molecule has 1 fully saturated rings. The topological polar surface area (TPSA) is 31.1 Å². The van der Waals surface area contributed by atoms with E-state index in [9.17, 15) is 0 Å². The smallest absolute Gasteiger partial charge is 0.0220 e. The van der Waals surface area contributed by atoms with Crippen LogP contribution in [0.25, 0.3) is 0 Å². The summed E-state index contributed by atoms with van der Waals surface area (Å²) in [6, 6.07) is 2.83. The van der Waals surface area contributed by atoms with Crippen molar-refractivity contribution in [3.8, 4) is 0 Å². The van der Waals surface area contributed by atoms with E-state index in [0.717, 1.165) is 19.0 Å². The van der Waals surface area contributed by atoms with Gasteiger partial charge in [-0.15, -0.1) is 0 Å². The molecule has 0 amide bonds. The molecule has 0 aromatic carbocycles. The first-order valence-electron chi connectivity index (χ1n) is 6.32. The molecular weight excluding hydrogens is 198 g/mol. The molecule has 0 saturated carbocycles. The summed E-state index contributed by atoms with van der Waals surface area (Å²) in [7, 11) is 0. The molecule has 0 spiro atoms. The molecule has 16 heavy (non-hydrogen) atoms. The predicted octanol–water partition coefficient (Wildman–Crippen LogP) is 1.83. The van der Waals surface area contributed by atoms with Gasteiger partial charge in [-0.3, -0.25) is 0 Å². The molecule has 3 heteroatoms. The lowest BCUT2D eigenvalue weighted by Gasteiger charge is -2.20. The molecule has 2 heterocycles. The van der Waals surface area contributed by atoms with Gasteiger partial charge in [-0.1, -0.05) is 0 Å². The number of nitrogens with one attached hydrogen (secondary N) is 2. The van der Waals surface area contributed by atoms with E-state index in [1.54, 1.807) is 0 Å². The van der Waals surface area contributed by atoms with Gasteiger partial charge in [0.05, 0.1) is 0 Å². The molecule has 1 aliphatic heterocycles. The highest BCUT2D eigenvalue weighted by molar-refractivity contribution is 5.07. The summed E-state index contributed by atoms with van der Waals surface area (Å²) in [4.78, 5) is 5.65. The van der Waals surface area contributed by atoms with Gasteiger partial charge in [0.25, 0.3) is 0 Å². The van der Waals surface area contributed by atoms with Gasteiger partial charge in [-0.25, -0.2) is 0 Å². The van der Waals surface area contributed by atoms with Gasteiger partial charge >= 0.3 is 0 Å². The Bertz CT molecular complexity index is 292. The molecule has 0 aliphatic carbocycles. The van der Waals surface area contributed by atoms with Crippen LogP contribution >= 0.6 is 0 Å². The van der Waals surface area contributed by atoms with E-state index in [4.69, 9.17) is 0 Å². The Morgan fingerprint density at radius 2 is 2.44 bits per heavy atom. The number of H-pyrrole nitrogens is 1. The second kappa shape index (κ2) is 5.51. The van der Waals surface area contributed by atoms with Crippen LogP contribution in [-0.2, 0) is 6.54 Å². The molecule has 2 rings (SSSR count). The third-order valence-corrected chi connectivity index (χ3v) is 3.47. The SMILES string of the molecule is CC(C)N1CCC(CNCc2cc[nH]c2)C1. The van der Waals surface area contributed by atoms with Crippen LogP contribution in [0, 0.1) is 5.92 Å². The fraction of sp³-hybridized carbons (Fsp3) is 0.692. The highest BCUT2D eigenvalue weighted by Crippen LogP contribution is 2.17. The predicted molar refractivity (Wildman–Crippen MR) is 67.3 cm³/mol. The van der Waals surface area contributed by atoms with Crippen molar-refractivity contribution in [3.63, 3.8) is 0 Å². The fourth-order valence-corrected chi connectivity index (χ4v) is 2.39. The maximum atomic E-state index is 3.54. The molecule has 1 aliphatic rings. The van der Waals surface area contributed by atoms with Crippen LogP contribution in [0.2, 0.25) is 0 Å². The van der Waals surface area contributed by atoms with E-state index in [0.29, 0.717) is 6.04 Å². The van der Waals surface area contributed by atoms with Crippen molar-refractivity contribution in [1.29, 1.82) is 0 Å². The maximum absolute atomic E-state index is 3.54. The van der Waals surface area contributed by atoms with E-state index in [2.05, 4.69) is 41.3 Å². The molecule has 1 aromatic heterocycles. The van der Waals surface area contributed by atoms with Crippen molar-refractivity contribution in [3.05, 3.63) is 24.0 Å². The molecule has 1 unspecified atom stereocenters. The molecule has 0 bridgehead atoms. The zero-order valence-corrected chi connectivity index (χ0v) is 10.4. The van der Waals surface area contributed by atoms with Gasteiger partial charge in [0.15, 0.2) is 0 Å². The number of aromatic amines is 1. The van der Waals surface area contributed by atoms with Crippen molar-refractivity contribution in [2.75, 3.05) is 19.6 Å². The molecule has 0 radical (unpaired) electrons. The Labute approximate surface area is 98.2 Å². The Balaban J connectivity index is 1.64. The van der Waals surface area contributed by atoms with Crippen LogP contribution < -0.4 is 5.32 Å². The van der Waals surface area contributed by atoms with E-state index in [1.807, 2.05) is 6.20 Å². The normalized spacial score (nSPS) is 22.1. The Morgan fingerprint density at radius 3 is 3.06 bits per heavy atom. The minimum absolute atomic E-state index is 0.703.